The molecule has 1 heterocycles. The van der Waals surface area contributed by atoms with Gasteiger partial charge in [-0.3, -0.25) is 0 Å². The van der Waals surface area contributed by atoms with E-state index in [2.05, 4.69) is 55.3 Å². The van der Waals surface area contributed by atoms with Crippen molar-refractivity contribution in [3.63, 3.8) is 0 Å². The number of nitrogens with one attached hydrogen (secondary N) is 1. The molecule has 1 aromatic rings. The molecule has 0 radical (unpaired) electrons. The van der Waals surface area contributed by atoms with Crippen LogP contribution in [-0.4, -0.2) is 25.7 Å². The Morgan fingerprint density at radius 3 is 2.78 bits per heavy atom. The van der Waals surface area contributed by atoms with Crippen molar-refractivity contribution >= 4 is 5.69 Å². The van der Waals surface area contributed by atoms with Gasteiger partial charge in [0.05, 0.1) is 0 Å². The highest BCUT2D eigenvalue weighted by Gasteiger charge is 2.23. The Kier molecular flexibility index (Phi) is 4.65. The van der Waals surface area contributed by atoms with E-state index in [9.17, 15) is 0 Å². The van der Waals surface area contributed by atoms with Crippen LogP contribution >= 0.6 is 0 Å². The lowest BCUT2D eigenvalue weighted by molar-refractivity contribution is 0.301. The third kappa shape index (κ3) is 3.05. The summed E-state index contributed by atoms with van der Waals surface area (Å²) < 4.78 is 0. The van der Waals surface area contributed by atoms with Crippen molar-refractivity contribution in [3.8, 4) is 0 Å². The van der Waals surface area contributed by atoms with Gasteiger partial charge < -0.3 is 10.2 Å². The van der Waals surface area contributed by atoms with Gasteiger partial charge in [0.1, 0.15) is 0 Å². The lowest BCUT2D eigenvalue weighted by Gasteiger charge is -2.36. The second kappa shape index (κ2) is 6.24. The molecule has 1 fully saturated rings. The first-order valence-electron chi connectivity index (χ1n) is 7.26. The zero-order chi connectivity index (χ0) is 13.0. The number of nitrogens with zero attached hydrogens (tertiary/aromatic N) is 1. The number of benzene rings is 1. The number of aryl methyl sites for hydroxylation is 1. The van der Waals surface area contributed by atoms with Gasteiger partial charge in [0.25, 0.3) is 0 Å². The number of para-hydroxylation sites is 1. The summed E-state index contributed by atoms with van der Waals surface area (Å²) in [4.78, 5) is 2.51. The average Bonchev–Trinajstić information content (AvgIpc) is 2.39. The van der Waals surface area contributed by atoms with Gasteiger partial charge in [0.2, 0.25) is 0 Å². The Morgan fingerprint density at radius 1 is 1.33 bits per heavy atom. The van der Waals surface area contributed by atoms with Crippen molar-refractivity contribution in [1.82, 2.24) is 5.32 Å². The first-order valence-corrected chi connectivity index (χ1v) is 7.26. The number of rotatable bonds is 4. The van der Waals surface area contributed by atoms with E-state index in [-0.39, 0.29) is 0 Å². The van der Waals surface area contributed by atoms with Crippen LogP contribution in [0.15, 0.2) is 24.3 Å². The molecule has 1 aromatic carbocycles. The van der Waals surface area contributed by atoms with Gasteiger partial charge in [-0.25, -0.2) is 0 Å². The number of hydrogen-bond donors (Lipinski definition) is 1. The van der Waals surface area contributed by atoms with Crippen molar-refractivity contribution < 1.29 is 0 Å². The molecular formula is C16H26N2. The van der Waals surface area contributed by atoms with E-state index in [1.54, 1.807) is 0 Å². The van der Waals surface area contributed by atoms with Crippen LogP contribution in [-0.2, 0) is 0 Å². The van der Waals surface area contributed by atoms with Gasteiger partial charge in [-0.05, 0) is 50.8 Å². The summed E-state index contributed by atoms with van der Waals surface area (Å²) in [5.74, 6) is 0.789. The summed E-state index contributed by atoms with van der Waals surface area (Å²) in [7, 11) is 0. The van der Waals surface area contributed by atoms with Crippen molar-refractivity contribution in [2.75, 3.05) is 24.5 Å². The molecule has 18 heavy (non-hydrogen) atoms. The number of likely N-dealkylation sites (N-methyl/N-ethyl adjacent to an activating group) is 1. The first-order chi connectivity index (χ1) is 8.72. The van der Waals surface area contributed by atoms with E-state index < -0.39 is 0 Å². The van der Waals surface area contributed by atoms with Crippen LogP contribution in [0.4, 0.5) is 5.69 Å². The predicted molar refractivity (Wildman–Crippen MR) is 79.3 cm³/mol. The van der Waals surface area contributed by atoms with Gasteiger partial charge >= 0.3 is 0 Å². The molecule has 1 aliphatic heterocycles. The van der Waals surface area contributed by atoms with Crippen LogP contribution in [0.25, 0.3) is 0 Å². The highest BCUT2D eigenvalue weighted by molar-refractivity contribution is 5.53. The van der Waals surface area contributed by atoms with Gasteiger partial charge in [0, 0.05) is 24.8 Å². The Bertz CT molecular complexity index is 375. The highest BCUT2D eigenvalue weighted by Crippen LogP contribution is 2.22. The Balaban J connectivity index is 2.07. The zero-order valence-electron chi connectivity index (χ0n) is 11.9. The summed E-state index contributed by atoms with van der Waals surface area (Å²) in [5.41, 5.74) is 2.77. The monoisotopic (exact) mass is 246 g/mol. The molecule has 2 atom stereocenters. The van der Waals surface area contributed by atoms with E-state index in [0.29, 0.717) is 6.04 Å². The molecule has 2 rings (SSSR count). The number of hydrogen-bond acceptors (Lipinski definition) is 2. The van der Waals surface area contributed by atoms with E-state index in [1.807, 2.05) is 0 Å². The second-order valence-corrected chi connectivity index (χ2v) is 5.51. The SMILES string of the molecule is CCN(CC1NCCCC1C)c1ccccc1C. The van der Waals surface area contributed by atoms with Crippen molar-refractivity contribution in [1.29, 1.82) is 0 Å². The highest BCUT2D eigenvalue weighted by atomic mass is 15.2. The molecular weight excluding hydrogens is 220 g/mol. The standard InChI is InChI=1S/C16H26N2/c1-4-18(16-10-6-5-8-14(16)3)12-15-13(2)9-7-11-17-15/h5-6,8,10,13,15,17H,4,7,9,11-12H2,1-3H3. The maximum atomic E-state index is 3.68. The zero-order valence-corrected chi connectivity index (χ0v) is 11.9. The fourth-order valence-corrected chi connectivity index (χ4v) is 2.91. The molecule has 0 spiro atoms. The Hall–Kier alpha value is -1.02. The third-order valence-corrected chi connectivity index (χ3v) is 4.18. The molecule has 1 aliphatic rings. The number of piperidine rings is 1. The van der Waals surface area contributed by atoms with Crippen LogP contribution in [0.5, 0.6) is 0 Å². The summed E-state index contributed by atoms with van der Waals surface area (Å²) in [6.45, 7) is 10.2. The van der Waals surface area contributed by atoms with Crippen LogP contribution in [0.2, 0.25) is 0 Å². The molecule has 2 nitrogen and oxygen atoms in total. The van der Waals surface area contributed by atoms with E-state index in [1.165, 1.54) is 30.6 Å². The number of anilines is 1. The first kappa shape index (κ1) is 13.4. The second-order valence-electron chi connectivity index (χ2n) is 5.51. The minimum absolute atomic E-state index is 0.637. The van der Waals surface area contributed by atoms with Crippen LogP contribution in [0, 0.1) is 12.8 Å². The molecule has 1 N–H and O–H groups in total. The maximum absolute atomic E-state index is 3.68. The molecule has 0 amide bonds. The van der Waals surface area contributed by atoms with Crippen LogP contribution < -0.4 is 10.2 Å². The smallest absolute Gasteiger partial charge is 0.0396 e. The molecule has 100 valence electrons. The maximum Gasteiger partial charge on any atom is 0.0396 e. The molecule has 2 heteroatoms. The molecule has 0 aromatic heterocycles. The summed E-state index contributed by atoms with van der Waals surface area (Å²) in [6, 6.07) is 9.34. The Morgan fingerprint density at radius 2 is 2.11 bits per heavy atom. The van der Waals surface area contributed by atoms with E-state index in [0.717, 1.165) is 19.0 Å². The molecule has 2 unspecified atom stereocenters. The van der Waals surface area contributed by atoms with Gasteiger partial charge in [-0.15, -0.1) is 0 Å². The predicted octanol–water partition coefficient (Wildman–Crippen LogP) is 3.21. The lowest BCUT2D eigenvalue weighted by Crippen LogP contribution is -2.48. The van der Waals surface area contributed by atoms with Crippen molar-refractivity contribution in [2.45, 2.75) is 39.7 Å². The minimum atomic E-state index is 0.637. The fourth-order valence-electron chi connectivity index (χ4n) is 2.91. The normalized spacial score (nSPS) is 23.9. The average molecular weight is 246 g/mol. The minimum Gasteiger partial charge on any atom is -0.370 e. The van der Waals surface area contributed by atoms with Gasteiger partial charge in [-0.1, -0.05) is 25.1 Å². The summed E-state index contributed by atoms with van der Waals surface area (Å²) in [5, 5.41) is 3.68. The molecule has 1 saturated heterocycles. The lowest BCUT2D eigenvalue weighted by atomic mass is 9.92. The van der Waals surface area contributed by atoms with Crippen molar-refractivity contribution in [3.05, 3.63) is 29.8 Å². The van der Waals surface area contributed by atoms with Crippen LogP contribution in [0.1, 0.15) is 32.3 Å². The fraction of sp³-hybridized carbons (Fsp3) is 0.625. The summed E-state index contributed by atoms with van der Waals surface area (Å²) in [6.07, 6.45) is 2.69. The van der Waals surface area contributed by atoms with Gasteiger partial charge in [0.15, 0.2) is 0 Å². The quantitative estimate of drug-likeness (QED) is 0.877. The third-order valence-electron chi connectivity index (χ3n) is 4.18. The van der Waals surface area contributed by atoms with Crippen molar-refractivity contribution in [2.24, 2.45) is 5.92 Å². The topological polar surface area (TPSA) is 15.3 Å². The van der Waals surface area contributed by atoms with Crippen LogP contribution in [0.3, 0.4) is 0 Å². The molecule has 0 saturated carbocycles. The Labute approximate surface area is 111 Å². The largest absolute Gasteiger partial charge is 0.370 e. The van der Waals surface area contributed by atoms with E-state index in [4.69, 9.17) is 0 Å². The van der Waals surface area contributed by atoms with Gasteiger partial charge in [-0.2, -0.15) is 0 Å². The summed E-state index contributed by atoms with van der Waals surface area (Å²) >= 11 is 0. The van der Waals surface area contributed by atoms with E-state index >= 15 is 0 Å². The molecule has 0 aliphatic carbocycles. The molecule has 0 bridgehead atoms.